The Morgan fingerprint density at radius 1 is 0.818 bits per heavy atom. The molecule has 0 spiro atoms. The zero-order valence-electron chi connectivity index (χ0n) is 13.1. The van der Waals surface area contributed by atoms with Crippen molar-refractivity contribution in [1.29, 1.82) is 0 Å². The highest BCUT2D eigenvalue weighted by molar-refractivity contribution is 5.61. The molecule has 1 unspecified atom stereocenters. The highest BCUT2D eigenvalue weighted by Gasteiger charge is 2.23. The van der Waals surface area contributed by atoms with Gasteiger partial charge in [-0.05, 0) is 35.1 Å². The lowest BCUT2D eigenvalue weighted by Crippen LogP contribution is -2.25. The summed E-state index contributed by atoms with van der Waals surface area (Å²) in [6.45, 7) is 0. The van der Waals surface area contributed by atoms with E-state index in [1.807, 2.05) is 48.0 Å². The van der Waals surface area contributed by atoms with Crippen molar-refractivity contribution in [3.8, 4) is 0 Å². The summed E-state index contributed by atoms with van der Waals surface area (Å²) in [7, 11) is 4.00. The van der Waals surface area contributed by atoms with Crippen molar-refractivity contribution in [2.75, 3.05) is 0 Å². The van der Waals surface area contributed by atoms with Gasteiger partial charge in [-0.15, -0.1) is 0 Å². The van der Waals surface area contributed by atoms with E-state index in [2.05, 4.69) is 36.4 Å². The molecule has 1 fully saturated rings. The fraction of sp³-hybridized carbons (Fsp3) is 0.263. The molecule has 3 rings (SSSR count). The zero-order valence-corrected chi connectivity index (χ0v) is 13.1. The molecule has 1 aliphatic carbocycles. The maximum Gasteiger partial charge on any atom is 0.169 e. The fourth-order valence-corrected chi connectivity index (χ4v) is 2.75. The number of hydrogen-bond donors (Lipinski definition) is 1. The van der Waals surface area contributed by atoms with Crippen LogP contribution in [0, 0.1) is 0 Å². The highest BCUT2D eigenvalue weighted by Crippen LogP contribution is 2.32. The Hall–Kier alpha value is -2.26. The first-order valence-electron chi connectivity index (χ1n) is 7.61. The molecule has 1 N–H and O–H groups in total. The SMILES string of the molecule is C[n+]1ccc(/C=C2/CC/C(=C\c3cc[n+](C)cc3)C2O)cc1. The molecule has 0 saturated heterocycles. The summed E-state index contributed by atoms with van der Waals surface area (Å²) in [4.78, 5) is 0. The third-order valence-corrected chi connectivity index (χ3v) is 4.12. The molecule has 0 bridgehead atoms. The van der Waals surface area contributed by atoms with Gasteiger partial charge in [0.25, 0.3) is 0 Å². The van der Waals surface area contributed by atoms with Crippen LogP contribution in [0.15, 0.2) is 60.2 Å². The van der Waals surface area contributed by atoms with Crippen LogP contribution in [0.25, 0.3) is 12.2 Å². The van der Waals surface area contributed by atoms with Crippen molar-refractivity contribution in [3.05, 3.63) is 71.3 Å². The third-order valence-electron chi connectivity index (χ3n) is 4.12. The van der Waals surface area contributed by atoms with Crippen molar-refractivity contribution in [2.45, 2.75) is 18.9 Å². The smallest absolute Gasteiger partial charge is 0.169 e. The summed E-state index contributed by atoms with van der Waals surface area (Å²) >= 11 is 0. The lowest BCUT2D eigenvalue weighted by Gasteiger charge is -2.06. The number of rotatable bonds is 2. The molecule has 22 heavy (non-hydrogen) atoms. The van der Waals surface area contributed by atoms with Gasteiger partial charge in [0, 0.05) is 24.3 Å². The summed E-state index contributed by atoms with van der Waals surface area (Å²) in [6.07, 6.45) is 13.7. The van der Waals surface area contributed by atoms with E-state index < -0.39 is 6.10 Å². The normalized spacial score (nSPS) is 21.7. The van der Waals surface area contributed by atoms with Crippen molar-refractivity contribution >= 4 is 12.2 Å². The van der Waals surface area contributed by atoms with Crippen molar-refractivity contribution in [3.63, 3.8) is 0 Å². The lowest BCUT2D eigenvalue weighted by atomic mass is 10.1. The molecule has 0 radical (unpaired) electrons. The first-order valence-corrected chi connectivity index (χ1v) is 7.61. The van der Waals surface area contributed by atoms with E-state index in [9.17, 15) is 5.11 Å². The second kappa shape index (κ2) is 6.24. The van der Waals surface area contributed by atoms with Crippen LogP contribution < -0.4 is 9.13 Å². The minimum Gasteiger partial charge on any atom is -0.384 e. The Bertz CT molecular complexity index is 649. The Balaban J connectivity index is 1.81. The summed E-state index contributed by atoms with van der Waals surface area (Å²) in [5, 5.41) is 10.5. The van der Waals surface area contributed by atoms with Gasteiger partial charge in [-0.1, -0.05) is 12.2 Å². The highest BCUT2D eigenvalue weighted by atomic mass is 16.3. The van der Waals surface area contributed by atoms with Crippen LogP contribution in [0.3, 0.4) is 0 Å². The van der Waals surface area contributed by atoms with Gasteiger partial charge in [0.1, 0.15) is 14.1 Å². The molecule has 0 aliphatic heterocycles. The Morgan fingerprint density at radius 2 is 1.18 bits per heavy atom. The molecule has 1 saturated carbocycles. The molecule has 3 nitrogen and oxygen atoms in total. The Kier molecular flexibility index (Phi) is 4.16. The number of aromatic nitrogens is 2. The number of nitrogens with zero attached hydrogens (tertiary/aromatic N) is 2. The Morgan fingerprint density at radius 3 is 1.55 bits per heavy atom. The van der Waals surface area contributed by atoms with Crippen LogP contribution in [-0.4, -0.2) is 11.2 Å². The van der Waals surface area contributed by atoms with Crippen LogP contribution in [0.5, 0.6) is 0 Å². The molecule has 2 heterocycles. The van der Waals surface area contributed by atoms with E-state index in [0.29, 0.717) is 0 Å². The second-order valence-corrected chi connectivity index (χ2v) is 5.93. The second-order valence-electron chi connectivity index (χ2n) is 5.93. The summed E-state index contributed by atoms with van der Waals surface area (Å²) in [5.74, 6) is 0. The standard InChI is InChI=1S/C19H22N2O/c1-20-9-5-15(6-10-20)13-17-3-4-18(19(17)22)14-16-7-11-21(2)12-8-16/h5-14,19,22H,3-4H2,1-2H3/q+2/b17-13-,18-14+. The molecule has 2 aromatic heterocycles. The molecule has 112 valence electrons. The molecule has 3 heteroatoms. The van der Waals surface area contributed by atoms with Crippen LogP contribution >= 0.6 is 0 Å². The number of hydrogen-bond acceptors (Lipinski definition) is 1. The van der Waals surface area contributed by atoms with Crippen LogP contribution in [0.4, 0.5) is 0 Å². The minimum atomic E-state index is -0.456. The fourth-order valence-electron chi connectivity index (χ4n) is 2.75. The predicted molar refractivity (Wildman–Crippen MR) is 86.4 cm³/mol. The molecule has 1 atom stereocenters. The van der Waals surface area contributed by atoms with Crippen LogP contribution in [0.1, 0.15) is 24.0 Å². The van der Waals surface area contributed by atoms with Crippen LogP contribution in [0.2, 0.25) is 0 Å². The van der Waals surface area contributed by atoms with Gasteiger partial charge in [0.05, 0.1) is 6.10 Å². The molecular weight excluding hydrogens is 272 g/mol. The maximum absolute atomic E-state index is 10.5. The largest absolute Gasteiger partial charge is 0.384 e. The van der Waals surface area contributed by atoms with Gasteiger partial charge in [0.2, 0.25) is 0 Å². The van der Waals surface area contributed by atoms with Crippen molar-refractivity contribution < 1.29 is 14.2 Å². The first-order chi connectivity index (χ1) is 10.6. The number of pyridine rings is 2. The Labute approximate surface area is 131 Å². The molecule has 2 aromatic rings. The van der Waals surface area contributed by atoms with E-state index in [-0.39, 0.29) is 0 Å². The monoisotopic (exact) mass is 294 g/mol. The number of aryl methyl sites for hydroxylation is 2. The molecular formula is C19H22N2O+2. The summed E-state index contributed by atoms with van der Waals surface area (Å²) in [5.41, 5.74) is 4.48. The van der Waals surface area contributed by atoms with Gasteiger partial charge in [-0.25, -0.2) is 9.13 Å². The van der Waals surface area contributed by atoms with E-state index in [0.717, 1.165) is 35.1 Å². The molecule has 0 aromatic carbocycles. The van der Waals surface area contributed by atoms with Crippen molar-refractivity contribution in [1.82, 2.24) is 0 Å². The maximum atomic E-state index is 10.5. The average molecular weight is 294 g/mol. The predicted octanol–water partition coefficient (Wildman–Crippen LogP) is 1.96. The first kappa shape index (κ1) is 14.7. The number of aliphatic hydroxyl groups is 1. The average Bonchev–Trinajstić information content (AvgIpc) is 2.85. The van der Waals surface area contributed by atoms with Crippen molar-refractivity contribution in [2.24, 2.45) is 14.1 Å². The summed E-state index contributed by atoms with van der Waals surface area (Å²) < 4.78 is 4.02. The van der Waals surface area contributed by atoms with Gasteiger partial charge in [0.15, 0.2) is 24.8 Å². The van der Waals surface area contributed by atoms with E-state index >= 15 is 0 Å². The van der Waals surface area contributed by atoms with E-state index in [1.165, 1.54) is 0 Å². The van der Waals surface area contributed by atoms with E-state index in [4.69, 9.17) is 0 Å². The number of aliphatic hydroxyl groups excluding tert-OH is 1. The van der Waals surface area contributed by atoms with Gasteiger partial charge >= 0.3 is 0 Å². The van der Waals surface area contributed by atoms with E-state index in [1.54, 1.807) is 0 Å². The van der Waals surface area contributed by atoms with Gasteiger partial charge in [-0.3, -0.25) is 0 Å². The quantitative estimate of drug-likeness (QED) is 0.843. The third kappa shape index (κ3) is 3.31. The topological polar surface area (TPSA) is 28.0 Å². The van der Waals surface area contributed by atoms with Gasteiger partial charge in [-0.2, -0.15) is 0 Å². The van der Waals surface area contributed by atoms with Crippen LogP contribution in [-0.2, 0) is 14.1 Å². The summed E-state index contributed by atoms with van der Waals surface area (Å²) in [6, 6.07) is 8.27. The zero-order chi connectivity index (χ0) is 15.5. The molecule has 0 amide bonds. The molecule has 1 aliphatic rings. The minimum absolute atomic E-state index is 0.456. The van der Waals surface area contributed by atoms with Gasteiger partial charge < -0.3 is 5.11 Å². The lowest BCUT2D eigenvalue weighted by molar-refractivity contribution is -0.671.